The number of rotatable bonds is 3. The van der Waals surface area contributed by atoms with Crippen molar-refractivity contribution < 1.29 is 22.3 Å². The van der Waals surface area contributed by atoms with Gasteiger partial charge in [-0.1, -0.05) is 11.6 Å². The summed E-state index contributed by atoms with van der Waals surface area (Å²) in [6, 6.07) is 3.64. The number of nitrogens with zero attached hydrogens (tertiary/aromatic N) is 7. The maximum atomic E-state index is 14.9. The second-order valence-corrected chi connectivity index (χ2v) is 8.68. The Morgan fingerprint density at radius 1 is 1.14 bits per heavy atom. The predicted molar refractivity (Wildman–Crippen MR) is 122 cm³/mol. The zero-order chi connectivity index (χ0) is 25.8. The number of alkyl halides is 3. The van der Waals surface area contributed by atoms with E-state index in [1.54, 1.807) is 29.0 Å². The lowest BCUT2D eigenvalue weighted by Gasteiger charge is -2.32. The number of hydrogen-bond donors (Lipinski definition) is 0. The number of morpholine rings is 1. The van der Waals surface area contributed by atoms with Crippen LogP contribution in [-0.2, 0) is 25.0 Å². The lowest BCUT2D eigenvalue weighted by atomic mass is 10.1. The van der Waals surface area contributed by atoms with Crippen molar-refractivity contribution in [1.29, 1.82) is 0 Å². The van der Waals surface area contributed by atoms with Crippen LogP contribution in [0.1, 0.15) is 17.5 Å². The summed E-state index contributed by atoms with van der Waals surface area (Å²) in [5.74, 6) is -2.25. The minimum atomic E-state index is -4.93. The van der Waals surface area contributed by atoms with Crippen molar-refractivity contribution in [3.05, 3.63) is 63.2 Å². The van der Waals surface area contributed by atoms with Gasteiger partial charge in [0.15, 0.2) is 5.52 Å². The number of hydrogen-bond acceptors (Lipinski definition) is 7. The van der Waals surface area contributed by atoms with Crippen molar-refractivity contribution >= 4 is 28.6 Å². The number of aromatic nitrogens is 6. The lowest BCUT2D eigenvalue weighted by Crippen LogP contribution is -2.39. The molecule has 0 amide bonds. The highest BCUT2D eigenvalue weighted by atomic mass is 35.5. The van der Waals surface area contributed by atoms with E-state index in [-0.39, 0.29) is 40.9 Å². The number of fused-ring (bicyclic) bond motifs is 1. The van der Waals surface area contributed by atoms with Gasteiger partial charge in [-0.2, -0.15) is 18.3 Å². The number of benzene rings is 1. The summed E-state index contributed by atoms with van der Waals surface area (Å²) in [4.78, 5) is 27.0. The van der Waals surface area contributed by atoms with Crippen LogP contribution < -0.4 is 10.5 Å². The van der Waals surface area contributed by atoms with Gasteiger partial charge in [0.1, 0.15) is 23.1 Å². The van der Waals surface area contributed by atoms with Gasteiger partial charge >= 0.3 is 6.18 Å². The third-order valence-electron chi connectivity index (χ3n) is 5.80. The Kier molecular flexibility index (Phi) is 5.91. The number of halogens is 5. The van der Waals surface area contributed by atoms with Crippen LogP contribution >= 0.6 is 11.6 Å². The summed E-state index contributed by atoms with van der Waals surface area (Å²) in [7, 11) is 2.72. The number of ether oxygens (including phenoxy) is 1. The van der Waals surface area contributed by atoms with Crippen LogP contribution in [0.25, 0.3) is 22.3 Å². The molecule has 1 aliphatic heterocycles. The second-order valence-electron chi connectivity index (χ2n) is 8.24. The number of anilines is 1. The quantitative estimate of drug-likeness (QED) is 0.380. The van der Waals surface area contributed by atoms with E-state index < -0.39 is 35.0 Å². The first-order chi connectivity index (χ1) is 17.0. The van der Waals surface area contributed by atoms with Crippen molar-refractivity contribution in [2.24, 2.45) is 14.1 Å². The fourth-order valence-electron chi connectivity index (χ4n) is 4.04. The highest BCUT2D eigenvalue weighted by Gasteiger charge is 2.37. The van der Waals surface area contributed by atoms with E-state index in [1.807, 2.05) is 0 Å². The summed E-state index contributed by atoms with van der Waals surface area (Å²) >= 11 is 5.86. The summed E-state index contributed by atoms with van der Waals surface area (Å²) in [6.45, 7) is 0.891. The molecule has 0 radical (unpaired) electrons. The monoisotopic (exact) mass is 523 g/mol. The zero-order valence-electron chi connectivity index (χ0n) is 18.9. The minimum Gasteiger partial charge on any atom is -0.370 e. The normalized spacial score (nSPS) is 16.6. The highest BCUT2D eigenvalue weighted by Crippen LogP contribution is 2.33. The largest absolute Gasteiger partial charge is 0.449 e. The van der Waals surface area contributed by atoms with Crippen molar-refractivity contribution in [1.82, 2.24) is 29.3 Å². The fourth-order valence-corrected chi connectivity index (χ4v) is 4.20. The van der Waals surface area contributed by atoms with Gasteiger partial charge in [-0.3, -0.25) is 14.0 Å². The summed E-state index contributed by atoms with van der Waals surface area (Å²) in [5.41, 5.74) is -1.49. The molecule has 0 spiro atoms. The van der Waals surface area contributed by atoms with Crippen LogP contribution in [0.3, 0.4) is 0 Å². The van der Waals surface area contributed by atoms with Gasteiger partial charge < -0.3 is 9.64 Å². The molecular formula is C22H18ClF4N7O2. The van der Waals surface area contributed by atoms with E-state index in [9.17, 15) is 22.4 Å². The smallest absolute Gasteiger partial charge is 0.370 e. The van der Waals surface area contributed by atoms with Crippen LogP contribution in [-0.4, -0.2) is 49.0 Å². The lowest BCUT2D eigenvalue weighted by molar-refractivity contribution is -0.147. The van der Waals surface area contributed by atoms with Gasteiger partial charge in [-0.25, -0.2) is 19.3 Å². The molecule has 9 nitrogen and oxygen atoms in total. The molecule has 1 atom stereocenters. The minimum absolute atomic E-state index is 0.0303. The molecule has 4 heterocycles. The first-order valence-electron chi connectivity index (χ1n) is 10.7. The predicted octanol–water partition coefficient (Wildman–Crippen LogP) is 3.51. The van der Waals surface area contributed by atoms with Gasteiger partial charge in [0.2, 0.25) is 11.8 Å². The van der Waals surface area contributed by atoms with Gasteiger partial charge in [0, 0.05) is 43.0 Å². The SMILES string of the molecule is Cn1cc([C@H]2CN(c3nc(-c4ccc(Cl)cc4F)c4nc(C(F)(F)F)n(C)c(=O)c4n3)CCO2)cn1. The van der Waals surface area contributed by atoms with Gasteiger partial charge in [-0.15, -0.1) is 0 Å². The Labute approximate surface area is 205 Å². The second kappa shape index (κ2) is 8.82. The Hall–Kier alpha value is -3.58. The average molecular weight is 524 g/mol. The van der Waals surface area contributed by atoms with Gasteiger partial charge in [-0.05, 0) is 18.2 Å². The summed E-state index contributed by atoms with van der Waals surface area (Å²) < 4.78 is 63.6. The van der Waals surface area contributed by atoms with Crippen LogP contribution in [0.4, 0.5) is 23.5 Å². The first kappa shape index (κ1) is 24.1. The third-order valence-corrected chi connectivity index (χ3v) is 6.04. The van der Waals surface area contributed by atoms with Crippen LogP contribution in [0.5, 0.6) is 0 Å². The van der Waals surface area contributed by atoms with Gasteiger partial charge in [0.25, 0.3) is 5.56 Å². The molecule has 0 aliphatic carbocycles. The fraction of sp³-hybridized carbons (Fsp3) is 0.318. The molecule has 3 aromatic heterocycles. The Bertz CT molecular complexity index is 1540. The van der Waals surface area contributed by atoms with Crippen LogP contribution in [0.2, 0.25) is 5.02 Å². The molecule has 1 fully saturated rings. The maximum Gasteiger partial charge on any atom is 0.449 e. The molecule has 0 bridgehead atoms. The van der Waals surface area contributed by atoms with Gasteiger partial charge in [0.05, 0.1) is 19.3 Å². The summed E-state index contributed by atoms with van der Waals surface area (Å²) in [6.07, 6.45) is -1.88. The highest BCUT2D eigenvalue weighted by molar-refractivity contribution is 6.30. The van der Waals surface area contributed by atoms with E-state index in [0.29, 0.717) is 11.1 Å². The van der Waals surface area contributed by atoms with Crippen LogP contribution in [0, 0.1) is 5.82 Å². The summed E-state index contributed by atoms with van der Waals surface area (Å²) in [5, 5.41) is 4.23. The van der Waals surface area contributed by atoms with Crippen molar-refractivity contribution in [3.8, 4) is 11.3 Å². The molecule has 1 saturated heterocycles. The molecule has 36 heavy (non-hydrogen) atoms. The Morgan fingerprint density at radius 2 is 1.92 bits per heavy atom. The molecule has 0 saturated carbocycles. The topological polar surface area (TPSA) is 91.0 Å². The average Bonchev–Trinajstić information content (AvgIpc) is 3.26. The molecule has 0 unspecified atom stereocenters. The van der Waals surface area contributed by atoms with E-state index in [0.717, 1.165) is 18.7 Å². The van der Waals surface area contributed by atoms with Crippen LogP contribution in [0.15, 0.2) is 35.4 Å². The molecule has 14 heteroatoms. The van der Waals surface area contributed by atoms with Crippen molar-refractivity contribution in [3.63, 3.8) is 0 Å². The molecule has 188 valence electrons. The van der Waals surface area contributed by atoms with E-state index >= 15 is 0 Å². The Morgan fingerprint density at radius 3 is 2.58 bits per heavy atom. The zero-order valence-corrected chi connectivity index (χ0v) is 19.7. The van der Waals surface area contributed by atoms with Crippen molar-refractivity contribution in [2.75, 3.05) is 24.6 Å². The van der Waals surface area contributed by atoms with E-state index in [1.165, 1.54) is 12.1 Å². The van der Waals surface area contributed by atoms with E-state index in [2.05, 4.69) is 20.1 Å². The molecular weight excluding hydrogens is 506 g/mol. The maximum absolute atomic E-state index is 14.9. The standard InChI is InChI=1S/C22H18ClF4N7O2/c1-32-9-11(8-28-32)15-10-34(5-6-36-15)21-30-16(13-4-3-12(23)7-14(13)24)17-18(31-21)19(35)33(2)20(29-17)22(25,26)27/h3-4,7-9,15H,5-6,10H2,1-2H3/t15-/m1/s1. The Balaban J connectivity index is 1.71. The number of aryl methyl sites for hydroxylation is 1. The molecule has 0 N–H and O–H groups in total. The molecule has 1 aliphatic rings. The molecule has 5 rings (SSSR count). The molecule has 1 aromatic carbocycles. The third kappa shape index (κ3) is 4.28. The first-order valence-corrected chi connectivity index (χ1v) is 11.1. The van der Waals surface area contributed by atoms with E-state index in [4.69, 9.17) is 16.3 Å². The van der Waals surface area contributed by atoms with Crippen molar-refractivity contribution in [2.45, 2.75) is 12.3 Å². The molecule has 4 aromatic rings.